The lowest BCUT2D eigenvalue weighted by atomic mass is 9.43. The maximum Gasteiger partial charge on any atom is 0.416 e. The lowest BCUT2D eigenvalue weighted by Crippen LogP contribution is -2.81. The number of likely N-dealkylation sites (tertiary alicyclic amines) is 1. The highest BCUT2D eigenvalue weighted by molar-refractivity contribution is 5.87. The summed E-state index contributed by atoms with van der Waals surface area (Å²) in [6, 6.07) is 4.79. The summed E-state index contributed by atoms with van der Waals surface area (Å²) in [5, 5.41) is 0. The zero-order valence-electron chi connectivity index (χ0n) is 27.0. The van der Waals surface area contributed by atoms with E-state index >= 15 is 0 Å². The first-order valence-electron chi connectivity index (χ1n) is 16.6. The Kier molecular flexibility index (Phi) is 6.96. The first-order valence-corrected chi connectivity index (χ1v) is 16.6. The second-order valence-electron chi connectivity index (χ2n) is 15.0. The second-order valence-corrected chi connectivity index (χ2v) is 15.0. The summed E-state index contributed by atoms with van der Waals surface area (Å²) in [5.41, 5.74) is -2.95. The van der Waals surface area contributed by atoms with E-state index in [0.29, 0.717) is 6.42 Å². The number of hydrogen-bond donors (Lipinski definition) is 0. The predicted molar refractivity (Wildman–Crippen MR) is 159 cm³/mol. The number of esters is 1. The zero-order chi connectivity index (χ0) is 32.4. The number of carbonyl (C=O) groups is 1. The molecule has 0 unspecified atom stereocenters. The summed E-state index contributed by atoms with van der Waals surface area (Å²) < 4.78 is 79.8. The van der Waals surface area contributed by atoms with Crippen molar-refractivity contribution >= 4 is 12.0 Å². The first kappa shape index (κ1) is 31.3. The van der Waals surface area contributed by atoms with Gasteiger partial charge in [0.2, 0.25) is 0 Å². The predicted octanol–water partition coefficient (Wildman–Crippen LogP) is 4.95. The average Bonchev–Trinajstić information content (AvgIpc) is 3.62. The Balaban J connectivity index is 1.29. The van der Waals surface area contributed by atoms with Gasteiger partial charge >= 0.3 is 12.1 Å². The van der Waals surface area contributed by atoms with Gasteiger partial charge in [0.25, 0.3) is 0 Å². The van der Waals surface area contributed by atoms with Gasteiger partial charge in [-0.05, 0) is 60.9 Å². The van der Waals surface area contributed by atoms with Gasteiger partial charge in [0.05, 0.1) is 29.9 Å². The van der Waals surface area contributed by atoms with Crippen molar-refractivity contribution in [1.29, 1.82) is 0 Å². The van der Waals surface area contributed by atoms with Gasteiger partial charge in [-0.15, -0.1) is 0 Å². The normalized spacial score (nSPS) is 48.6. The van der Waals surface area contributed by atoms with Crippen molar-refractivity contribution in [3.63, 3.8) is 0 Å². The average molecular weight is 648 g/mol. The molecule has 2 aliphatic heterocycles. The van der Waals surface area contributed by atoms with E-state index in [4.69, 9.17) is 28.4 Å². The number of fused-ring (bicyclic) bond motifs is 1. The molecule has 1 aromatic carbocycles. The fourth-order valence-corrected chi connectivity index (χ4v) is 12.7. The number of alkyl halides is 3. The Morgan fingerprint density at radius 1 is 1.15 bits per heavy atom. The summed E-state index contributed by atoms with van der Waals surface area (Å²) in [4.78, 5) is 16.5. The number of benzene rings is 1. The summed E-state index contributed by atoms with van der Waals surface area (Å²) in [6.45, 7) is 6.22. The van der Waals surface area contributed by atoms with Crippen LogP contribution in [0.4, 0.5) is 13.2 Å². The monoisotopic (exact) mass is 647 g/mol. The quantitative estimate of drug-likeness (QED) is 0.304. The van der Waals surface area contributed by atoms with Crippen LogP contribution in [-0.4, -0.2) is 93.7 Å². The van der Waals surface area contributed by atoms with Gasteiger partial charge in [-0.25, -0.2) is 4.79 Å². The molecule has 8 nitrogen and oxygen atoms in total. The van der Waals surface area contributed by atoms with Crippen LogP contribution in [0.25, 0.3) is 6.08 Å². The van der Waals surface area contributed by atoms with E-state index in [9.17, 15) is 18.0 Å². The molecule has 0 radical (unpaired) electrons. The Morgan fingerprint density at radius 2 is 1.96 bits per heavy atom. The number of rotatable bonds is 7. The highest BCUT2D eigenvalue weighted by Gasteiger charge is 2.94. The largest absolute Gasteiger partial charge is 0.456 e. The summed E-state index contributed by atoms with van der Waals surface area (Å²) in [6.07, 6.45) is 0.482. The van der Waals surface area contributed by atoms with Crippen molar-refractivity contribution in [3.05, 3.63) is 41.5 Å². The Bertz CT molecular complexity index is 1440. The van der Waals surface area contributed by atoms with Crippen molar-refractivity contribution in [2.45, 2.75) is 87.4 Å². The third-order valence-corrected chi connectivity index (χ3v) is 13.7. The van der Waals surface area contributed by atoms with Gasteiger partial charge in [0.15, 0.2) is 5.60 Å². The van der Waals surface area contributed by atoms with Crippen molar-refractivity contribution < 1.29 is 46.4 Å². The smallest absolute Gasteiger partial charge is 0.416 e. The van der Waals surface area contributed by atoms with Crippen LogP contribution in [-0.2, 0) is 39.4 Å². The molecule has 7 aliphatic rings. The molecule has 0 aromatic heterocycles. The Hall–Kier alpha value is -2.02. The molecular formula is C35H44F3NO7. The standard InChI is InChI=1S/C35H44F3NO7/c1-6-39-17-31(2)13-12-24(42-4)33-22-15-21-23(41-3)16-32(26(22)27(21)43-5)34(30(33)39,45-18-44-32)29(28(31)33)46-25(40)11-10-19-8-7-9-20(14-19)35(36,37)38/h7-11,14,21-24,26-30H,6,12-13,15-18H2,1-5H3/b11-10+/t21-,22-,23+,24+,26-,27+,28-,29+,30+,31+,32-,33+,34+/m1/s1. The summed E-state index contributed by atoms with van der Waals surface area (Å²) >= 11 is 0. The Labute approximate surface area is 267 Å². The molecule has 3 spiro atoms. The van der Waals surface area contributed by atoms with E-state index in [-0.39, 0.29) is 65.8 Å². The minimum absolute atomic E-state index is 0.00342. The van der Waals surface area contributed by atoms with Crippen molar-refractivity contribution in [1.82, 2.24) is 4.90 Å². The fraction of sp³-hybridized carbons (Fsp3) is 0.743. The molecule has 1 aromatic rings. The third-order valence-electron chi connectivity index (χ3n) is 13.7. The minimum atomic E-state index is -4.48. The fourth-order valence-electron chi connectivity index (χ4n) is 12.7. The van der Waals surface area contributed by atoms with E-state index in [2.05, 4.69) is 18.7 Å². The Morgan fingerprint density at radius 3 is 2.65 bits per heavy atom. The first-order chi connectivity index (χ1) is 22.0. The highest BCUT2D eigenvalue weighted by Crippen LogP contribution is 2.82. The zero-order valence-corrected chi connectivity index (χ0v) is 27.0. The van der Waals surface area contributed by atoms with E-state index in [1.165, 1.54) is 24.3 Å². The van der Waals surface area contributed by atoms with Crippen LogP contribution in [0, 0.1) is 34.5 Å². The minimum Gasteiger partial charge on any atom is -0.456 e. The van der Waals surface area contributed by atoms with Crippen LogP contribution in [0.2, 0.25) is 0 Å². The number of carbonyl (C=O) groups excluding carboxylic acids is 1. The molecule has 0 amide bonds. The van der Waals surface area contributed by atoms with Gasteiger partial charge < -0.3 is 28.4 Å². The number of likely N-dealkylation sites (N-methyl/N-ethyl adjacent to an activating group) is 1. The van der Waals surface area contributed by atoms with Crippen LogP contribution in [0.1, 0.15) is 50.7 Å². The number of ether oxygens (including phenoxy) is 6. The van der Waals surface area contributed by atoms with Crippen LogP contribution in [0.15, 0.2) is 30.3 Å². The maximum absolute atomic E-state index is 13.9. The van der Waals surface area contributed by atoms with Crippen LogP contribution < -0.4 is 0 Å². The molecule has 5 saturated carbocycles. The molecule has 13 atom stereocenters. The van der Waals surface area contributed by atoms with Crippen LogP contribution in [0.3, 0.4) is 0 Å². The molecule has 7 fully saturated rings. The second kappa shape index (κ2) is 10.2. The van der Waals surface area contributed by atoms with E-state index in [1.54, 1.807) is 21.3 Å². The van der Waals surface area contributed by atoms with Gasteiger partial charge in [-0.2, -0.15) is 13.2 Å². The molecule has 11 heteroatoms. The van der Waals surface area contributed by atoms with Gasteiger partial charge in [-0.1, -0.05) is 26.0 Å². The van der Waals surface area contributed by atoms with Gasteiger partial charge in [0.1, 0.15) is 18.5 Å². The van der Waals surface area contributed by atoms with E-state index < -0.39 is 40.4 Å². The SMILES string of the molecule is CCN1C[C@]2(C)CC[C@H](OC)[C@@]34[C@@H]5C[C@H]6[C@H](OC)[C@@H]5[C@@]5(C[C@@H]6OC)OCO[C@@]5([C@@H](OC(=O)/C=C/c5cccc(C(F)(F)F)c5)[C@H]23)[C@@H]14. The molecule has 2 heterocycles. The molecular weight excluding hydrogens is 603 g/mol. The molecule has 252 valence electrons. The molecule has 5 aliphatic carbocycles. The molecule has 2 saturated heterocycles. The maximum atomic E-state index is 13.9. The van der Waals surface area contributed by atoms with Crippen molar-refractivity contribution in [2.75, 3.05) is 41.2 Å². The molecule has 8 rings (SSSR count). The van der Waals surface area contributed by atoms with E-state index in [0.717, 1.165) is 44.5 Å². The lowest BCUT2D eigenvalue weighted by Gasteiger charge is -2.69. The topological polar surface area (TPSA) is 75.7 Å². The lowest BCUT2D eigenvalue weighted by molar-refractivity contribution is -0.282. The summed E-state index contributed by atoms with van der Waals surface area (Å²) in [7, 11) is 5.33. The molecule has 7 bridgehead atoms. The van der Waals surface area contributed by atoms with Crippen LogP contribution >= 0.6 is 0 Å². The number of hydrogen-bond acceptors (Lipinski definition) is 8. The highest BCUT2D eigenvalue weighted by atomic mass is 19.4. The van der Waals surface area contributed by atoms with Gasteiger partial charge in [0, 0.05) is 63.5 Å². The summed E-state index contributed by atoms with van der Waals surface area (Å²) in [5.74, 6) is -0.333. The number of halogens is 3. The third kappa shape index (κ3) is 3.60. The van der Waals surface area contributed by atoms with Crippen LogP contribution in [0.5, 0.6) is 0 Å². The van der Waals surface area contributed by atoms with E-state index in [1.807, 2.05) is 0 Å². The van der Waals surface area contributed by atoms with Crippen molar-refractivity contribution in [2.24, 2.45) is 34.5 Å². The molecule has 46 heavy (non-hydrogen) atoms. The number of methoxy groups -OCH3 is 3. The number of piperidine rings is 1. The van der Waals surface area contributed by atoms with Crippen molar-refractivity contribution in [3.8, 4) is 0 Å². The number of nitrogens with zero attached hydrogens (tertiary/aromatic N) is 1. The van der Waals surface area contributed by atoms with Gasteiger partial charge in [-0.3, -0.25) is 4.90 Å². The molecule has 0 N–H and O–H groups in total.